The topological polar surface area (TPSA) is 78.9 Å². The lowest BCUT2D eigenvalue weighted by Gasteiger charge is -2.18. The second-order valence-corrected chi connectivity index (χ2v) is 21.7. The Labute approximate surface area is 431 Å². The fraction of sp³-hybridized carbons (Fsp3) is 0.952. The van der Waals surface area contributed by atoms with E-state index < -0.39 is 6.10 Å². The van der Waals surface area contributed by atoms with Gasteiger partial charge in [0.05, 0.1) is 0 Å². The Morgan fingerprint density at radius 2 is 0.391 bits per heavy atom. The molecule has 0 bridgehead atoms. The van der Waals surface area contributed by atoms with Crippen LogP contribution in [0.3, 0.4) is 0 Å². The van der Waals surface area contributed by atoms with Gasteiger partial charge in [0.25, 0.3) is 0 Å². The van der Waals surface area contributed by atoms with Crippen molar-refractivity contribution < 1.29 is 28.6 Å². The maximum Gasteiger partial charge on any atom is 0.306 e. The fourth-order valence-electron chi connectivity index (χ4n) is 9.86. The van der Waals surface area contributed by atoms with Gasteiger partial charge in [0.1, 0.15) is 13.2 Å². The zero-order valence-corrected chi connectivity index (χ0v) is 47.1. The summed E-state index contributed by atoms with van der Waals surface area (Å²) in [5, 5.41) is 0. The van der Waals surface area contributed by atoms with E-state index >= 15 is 0 Å². The lowest BCUT2D eigenvalue weighted by atomic mass is 10.0. The molecular formula is C63H122O6. The highest BCUT2D eigenvalue weighted by molar-refractivity contribution is 5.71. The molecule has 69 heavy (non-hydrogen) atoms. The van der Waals surface area contributed by atoms with Crippen LogP contribution in [0, 0.1) is 0 Å². The Morgan fingerprint density at radius 1 is 0.232 bits per heavy atom. The summed E-state index contributed by atoms with van der Waals surface area (Å²) in [6.07, 6.45) is 66.8. The second-order valence-electron chi connectivity index (χ2n) is 21.7. The molecule has 0 rings (SSSR count). The van der Waals surface area contributed by atoms with Gasteiger partial charge in [-0.3, -0.25) is 14.4 Å². The zero-order chi connectivity index (χ0) is 50.0. The minimum absolute atomic E-state index is 0.0607. The predicted octanol–water partition coefficient (Wildman–Crippen LogP) is 21.1. The number of hydrogen-bond acceptors (Lipinski definition) is 6. The summed E-state index contributed by atoms with van der Waals surface area (Å²) in [5.74, 6) is -0.828. The Bertz CT molecular complexity index is 1030. The molecule has 0 aliphatic heterocycles. The number of esters is 3. The van der Waals surface area contributed by atoms with E-state index in [1.165, 1.54) is 270 Å². The maximum atomic E-state index is 12.9. The number of carbonyl (C=O) groups is 3. The molecule has 6 nitrogen and oxygen atoms in total. The van der Waals surface area contributed by atoms with Gasteiger partial charge in [-0.25, -0.2) is 0 Å². The summed E-state index contributed by atoms with van der Waals surface area (Å²) in [6.45, 7) is 6.72. The number of unbranched alkanes of at least 4 members (excludes halogenated alkanes) is 48. The molecule has 0 fully saturated rings. The van der Waals surface area contributed by atoms with Crippen LogP contribution in [0.1, 0.15) is 367 Å². The molecular weight excluding hydrogens is 853 g/mol. The minimum atomic E-state index is -0.761. The Kier molecular flexibility index (Phi) is 57.6. The molecule has 410 valence electrons. The van der Waals surface area contributed by atoms with E-state index in [1.807, 2.05) is 0 Å². The van der Waals surface area contributed by atoms with Gasteiger partial charge in [-0.2, -0.15) is 0 Å². The summed E-state index contributed by atoms with van der Waals surface area (Å²) < 4.78 is 16.9. The van der Waals surface area contributed by atoms with E-state index in [-0.39, 0.29) is 31.1 Å². The van der Waals surface area contributed by atoms with Crippen molar-refractivity contribution in [3.8, 4) is 0 Å². The lowest BCUT2D eigenvalue weighted by molar-refractivity contribution is -0.167. The Balaban J connectivity index is 4.19. The summed E-state index contributed by atoms with van der Waals surface area (Å²) in [7, 11) is 0. The normalized spacial score (nSPS) is 11.9. The first-order valence-electron chi connectivity index (χ1n) is 31.5. The van der Waals surface area contributed by atoms with Crippen molar-refractivity contribution in [2.75, 3.05) is 13.2 Å². The van der Waals surface area contributed by atoms with Crippen molar-refractivity contribution in [2.45, 2.75) is 374 Å². The first kappa shape index (κ1) is 67.4. The van der Waals surface area contributed by atoms with E-state index in [0.29, 0.717) is 19.3 Å². The van der Waals surface area contributed by atoms with Crippen LogP contribution in [-0.2, 0) is 28.6 Å². The van der Waals surface area contributed by atoms with E-state index in [0.717, 1.165) is 57.8 Å². The molecule has 6 heteroatoms. The molecule has 0 N–H and O–H groups in total. The fourth-order valence-corrected chi connectivity index (χ4v) is 9.86. The average molecular weight is 976 g/mol. The van der Waals surface area contributed by atoms with E-state index in [9.17, 15) is 14.4 Å². The standard InChI is InChI=1S/C63H122O6/c1-4-7-10-13-16-19-22-25-27-29-30-31-32-33-34-35-37-38-41-44-47-50-53-56-62(65)68-59-60(58-67-61(64)55-52-49-46-43-40-24-21-18-15-12-9-6-3)69-63(66)57-54-51-48-45-42-39-36-28-26-23-20-17-14-11-8-5-2/h60H,4-59H2,1-3H3. The molecule has 1 atom stereocenters. The zero-order valence-electron chi connectivity index (χ0n) is 47.1. The molecule has 0 amide bonds. The third-order valence-corrected chi connectivity index (χ3v) is 14.6. The SMILES string of the molecule is CCCCCCCCCCCCCCCCCCCCCCCCCC(=O)OCC(COC(=O)CCCCCCCCCCCCCC)OC(=O)CCCCCCCCCCCCCCCCCC. The van der Waals surface area contributed by atoms with E-state index in [4.69, 9.17) is 14.2 Å². The molecule has 0 aromatic heterocycles. The molecule has 0 saturated carbocycles. The van der Waals surface area contributed by atoms with Gasteiger partial charge in [-0.1, -0.05) is 329 Å². The molecule has 0 aromatic carbocycles. The average Bonchev–Trinajstić information content (AvgIpc) is 3.35. The summed E-state index contributed by atoms with van der Waals surface area (Å²) >= 11 is 0. The highest BCUT2D eigenvalue weighted by Gasteiger charge is 2.19. The van der Waals surface area contributed by atoms with Crippen molar-refractivity contribution in [2.24, 2.45) is 0 Å². The molecule has 1 unspecified atom stereocenters. The largest absolute Gasteiger partial charge is 0.462 e. The van der Waals surface area contributed by atoms with Gasteiger partial charge in [-0.15, -0.1) is 0 Å². The number of hydrogen-bond donors (Lipinski definition) is 0. The first-order valence-corrected chi connectivity index (χ1v) is 31.5. The van der Waals surface area contributed by atoms with Crippen LogP contribution in [0.2, 0.25) is 0 Å². The second kappa shape index (κ2) is 59.0. The third-order valence-electron chi connectivity index (χ3n) is 14.6. The van der Waals surface area contributed by atoms with Crippen LogP contribution in [0.25, 0.3) is 0 Å². The number of carbonyl (C=O) groups excluding carboxylic acids is 3. The predicted molar refractivity (Wildman–Crippen MR) is 298 cm³/mol. The lowest BCUT2D eigenvalue weighted by Crippen LogP contribution is -2.30. The maximum absolute atomic E-state index is 12.9. The van der Waals surface area contributed by atoms with Gasteiger partial charge < -0.3 is 14.2 Å². The van der Waals surface area contributed by atoms with Gasteiger partial charge in [0, 0.05) is 19.3 Å². The summed E-state index contributed by atoms with van der Waals surface area (Å²) in [5.41, 5.74) is 0. The summed E-state index contributed by atoms with van der Waals surface area (Å²) in [4.78, 5) is 38.2. The van der Waals surface area contributed by atoms with Crippen LogP contribution in [0.15, 0.2) is 0 Å². The van der Waals surface area contributed by atoms with Gasteiger partial charge >= 0.3 is 17.9 Å². The Morgan fingerprint density at radius 3 is 0.580 bits per heavy atom. The highest BCUT2D eigenvalue weighted by Crippen LogP contribution is 2.18. The Hall–Kier alpha value is -1.59. The van der Waals surface area contributed by atoms with Gasteiger partial charge in [0.15, 0.2) is 6.10 Å². The molecule has 0 aliphatic carbocycles. The quantitative estimate of drug-likeness (QED) is 0.0343. The number of ether oxygens (including phenoxy) is 3. The molecule has 0 aliphatic rings. The van der Waals surface area contributed by atoms with Crippen LogP contribution >= 0.6 is 0 Å². The molecule has 0 radical (unpaired) electrons. The first-order chi connectivity index (χ1) is 34.0. The highest BCUT2D eigenvalue weighted by atomic mass is 16.6. The van der Waals surface area contributed by atoms with Crippen molar-refractivity contribution in [1.29, 1.82) is 0 Å². The van der Waals surface area contributed by atoms with Crippen LogP contribution in [-0.4, -0.2) is 37.2 Å². The van der Waals surface area contributed by atoms with Gasteiger partial charge in [0.2, 0.25) is 0 Å². The third kappa shape index (κ3) is 57.2. The monoisotopic (exact) mass is 975 g/mol. The molecule has 0 heterocycles. The molecule has 0 aromatic rings. The number of rotatable bonds is 59. The van der Waals surface area contributed by atoms with E-state index in [1.54, 1.807) is 0 Å². The van der Waals surface area contributed by atoms with Crippen LogP contribution in [0.4, 0.5) is 0 Å². The van der Waals surface area contributed by atoms with Crippen molar-refractivity contribution >= 4 is 17.9 Å². The van der Waals surface area contributed by atoms with Gasteiger partial charge in [-0.05, 0) is 19.3 Å². The van der Waals surface area contributed by atoms with Crippen molar-refractivity contribution in [3.05, 3.63) is 0 Å². The summed E-state index contributed by atoms with van der Waals surface area (Å²) in [6, 6.07) is 0. The van der Waals surface area contributed by atoms with Crippen molar-refractivity contribution in [3.63, 3.8) is 0 Å². The molecule has 0 saturated heterocycles. The minimum Gasteiger partial charge on any atom is -0.462 e. The van der Waals surface area contributed by atoms with E-state index in [2.05, 4.69) is 20.8 Å². The van der Waals surface area contributed by atoms with Crippen LogP contribution < -0.4 is 0 Å². The molecule has 0 spiro atoms. The smallest absolute Gasteiger partial charge is 0.306 e. The van der Waals surface area contributed by atoms with Crippen LogP contribution in [0.5, 0.6) is 0 Å². The van der Waals surface area contributed by atoms with Crippen molar-refractivity contribution in [1.82, 2.24) is 0 Å².